The molecule has 2 heteroatoms. The van der Waals surface area contributed by atoms with E-state index >= 15 is 0 Å². The van der Waals surface area contributed by atoms with Gasteiger partial charge in [-0.25, -0.2) is 0 Å². The summed E-state index contributed by atoms with van der Waals surface area (Å²) in [5.74, 6) is 0. The van der Waals surface area contributed by atoms with Crippen LogP contribution in [0.1, 0.15) is 6.92 Å². The molecule has 0 unspecified atom stereocenters. The highest BCUT2D eigenvalue weighted by Gasteiger charge is 1.66. The summed E-state index contributed by atoms with van der Waals surface area (Å²) in [5, 5.41) is 3.34. The van der Waals surface area contributed by atoms with Crippen LogP contribution in [0.2, 0.25) is 0 Å². The van der Waals surface area contributed by atoms with Crippen LogP contribution >= 0.6 is 0 Å². The molecule has 2 nitrogen and oxygen atoms in total. The molecule has 0 aromatic heterocycles. The lowest BCUT2D eigenvalue weighted by molar-refractivity contribution is 0.176. The minimum atomic E-state index is 0.459. The molecule has 39 valence electrons. The van der Waals surface area contributed by atoms with Gasteiger partial charge in [0.1, 0.15) is 12.8 Å². The minimum absolute atomic E-state index is 0.459. The van der Waals surface area contributed by atoms with E-state index in [9.17, 15) is 0 Å². The van der Waals surface area contributed by atoms with Crippen LogP contribution in [0.3, 0.4) is 0 Å². The topological polar surface area (TPSA) is 21.6 Å². The lowest BCUT2D eigenvalue weighted by Crippen LogP contribution is -1.78. The fourth-order valence-corrected chi connectivity index (χ4v) is 0.155. The minimum Gasteiger partial charge on any atom is -0.391 e. The average Bonchev–Trinajstić information content (AvgIpc) is 1.69. The van der Waals surface area contributed by atoms with E-state index in [1.165, 1.54) is 0 Å². The zero-order valence-corrected chi connectivity index (χ0v) is 4.35. The summed E-state index contributed by atoms with van der Waals surface area (Å²) in [4.78, 5) is 4.53. The van der Waals surface area contributed by atoms with Gasteiger partial charge in [0.15, 0.2) is 0 Å². The maximum atomic E-state index is 4.53. The maximum absolute atomic E-state index is 4.53. The molecular weight excluding hydrogens is 90.1 g/mol. The van der Waals surface area contributed by atoms with Crippen LogP contribution in [-0.4, -0.2) is 12.8 Å². The molecule has 0 saturated carbocycles. The summed E-state index contributed by atoms with van der Waals surface area (Å²) < 4.78 is 0. The Morgan fingerprint density at radius 1 is 2.00 bits per heavy atom. The van der Waals surface area contributed by atoms with Crippen LogP contribution in [0.15, 0.2) is 17.8 Å². The van der Waals surface area contributed by atoms with Crippen molar-refractivity contribution in [2.75, 3.05) is 6.61 Å². The maximum Gasteiger partial charge on any atom is 0.135 e. The lowest BCUT2D eigenvalue weighted by atomic mass is 10.7. The fraction of sp³-hybridized carbons (Fsp3) is 0.400. The highest BCUT2D eigenvalue weighted by atomic mass is 16.6. The van der Waals surface area contributed by atoms with Crippen molar-refractivity contribution in [2.24, 2.45) is 5.16 Å². The molecule has 0 saturated heterocycles. The molecule has 0 aliphatic rings. The quantitative estimate of drug-likeness (QED) is 0.224. The van der Waals surface area contributed by atoms with Crippen molar-refractivity contribution in [1.29, 1.82) is 0 Å². The number of rotatable bonds is 3. The van der Waals surface area contributed by atoms with Gasteiger partial charge >= 0.3 is 0 Å². The van der Waals surface area contributed by atoms with Crippen molar-refractivity contribution >= 4 is 6.21 Å². The number of hydrogen-bond acceptors (Lipinski definition) is 2. The van der Waals surface area contributed by atoms with E-state index in [0.29, 0.717) is 6.61 Å². The molecule has 7 heavy (non-hydrogen) atoms. The molecule has 1 radical (unpaired) electrons. The molecule has 0 aromatic carbocycles. The van der Waals surface area contributed by atoms with E-state index < -0.39 is 0 Å². The van der Waals surface area contributed by atoms with Gasteiger partial charge in [-0.3, -0.25) is 0 Å². The second kappa shape index (κ2) is 5.21. The normalized spacial score (nSPS) is 9.29. The van der Waals surface area contributed by atoms with Crippen molar-refractivity contribution in [2.45, 2.75) is 6.92 Å². The Labute approximate surface area is 43.5 Å². The average molecular weight is 98.1 g/mol. The zero-order chi connectivity index (χ0) is 5.54. The van der Waals surface area contributed by atoms with Crippen molar-refractivity contribution in [1.82, 2.24) is 0 Å². The SMILES string of the molecule is C=CCO/N=[C]\C. The highest BCUT2D eigenvalue weighted by Crippen LogP contribution is 1.71. The van der Waals surface area contributed by atoms with Gasteiger partial charge in [0.25, 0.3) is 0 Å². The zero-order valence-electron chi connectivity index (χ0n) is 4.35. The van der Waals surface area contributed by atoms with Crippen molar-refractivity contribution in [3.8, 4) is 0 Å². The van der Waals surface area contributed by atoms with E-state index in [1.807, 2.05) is 0 Å². The number of hydrogen-bond donors (Lipinski definition) is 0. The number of nitrogens with zero attached hydrogens (tertiary/aromatic N) is 1. The Morgan fingerprint density at radius 3 is 3.14 bits per heavy atom. The molecule has 0 fully saturated rings. The van der Waals surface area contributed by atoms with Crippen LogP contribution in [0, 0.1) is 0 Å². The largest absolute Gasteiger partial charge is 0.391 e. The van der Waals surface area contributed by atoms with Gasteiger partial charge < -0.3 is 4.84 Å². The first-order valence-corrected chi connectivity index (χ1v) is 2.01. The third kappa shape index (κ3) is 5.21. The molecule has 0 bridgehead atoms. The summed E-state index contributed by atoms with van der Waals surface area (Å²) in [6.45, 7) is 5.55. The van der Waals surface area contributed by atoms with E-state index in [0.717, 1.165) is 0 Å². The van der Waals surface area contributed by atoms with Crippen LogP contribution in [0.5, 0.6) is 0 Å². The lowest BCUT2D eigenvalue weighted by Gasteiger charge is -1.85. The molecule has 0 spiro atoms. The fourth-order valence-electron chi connectivity index (χ4n) is 0.155. The van der Waals surface area contributed by atoms with Gasteiger partial charge in [0, 0.05) is 0 Å². The molecule has 0 aliphatic heterocycles. The predicted octanol–water partition coefficient (Wildman–Crippen LogP) is 1.07. The third-order valence-corrected chi connectivity index (χ3v) is 0.348. The molecule has 0 rings (SSSR count). The van der Waals surface area contributed by atoms with Crippen LogP contribution in [0.25, 0.3) is 0 Å². The van der Waals surface area contributed by atoms with Crippen LogP contribution < -0.4 is 0 Å². The highest BCUT2D eigenvalue weighted by molar-refractivity contribution is 5.52. The Kier molecular flexibility index (Phi) is 4.62. The molecule has 0 aliphatic carbocycles. The van der Waals surface area contributed by atoms with Gasteiger partial charge in [-0.2, -0.15) is 0 Å². The standard InChI is InChI=1S/C5H8NO/c1-3-5-7-6-4-2/h3H,1,5H2,2H3. The van der Waals surface area contributed by atoms with Gasteiger partial charge in [0.05, 0.1) is 0 Å². The van der Waals surface area contributed by atoms with E-state index in [2.05, 4.69) is 22.8 Å². The van der Waals surface area contributed by atoms with Gasteiger partial charge in [-0.15, -0.1) is 0 Å². The second-order valence-corrected chi connectivity index (χ2v) is 0.899. The van der Waals surface area contributed by atoms with Gasteiger partial charge in [0.2, 0.25) is 0 Å². The predicted molar refractivity (Wildman–Crippen MR) is 29.3 cm³/mol. The van der Waals surface area contributed by atoms with Crippen molar-refractivity contribution in [3.05, 3.63) is 12.7 Å². The van der Waals surface area contributed by atoms with Gasteiger partial charge in [-0.1, -0.05) is 17.8 Å². The molecule has 0 aromatic rings. The van der Waals surface area contributed by atoms with E-state index in [-0.39, 0.29) is 0 Å². The monoisotopic (exact) mass is 98.1 g/mol. The van der Waals surface area contributed by atoms with E-state index in [4.69, 9.17) is 0 Å². The summed E-state index contributed by atoms with van der Waals surface area (Å²) in [5.41, 5.74) is 0. The van der Waals surface area contributed by atoms with Crippen molar-refractivity contribution in [3.63, 3.8) is 0 Å². The van der Waals surface area contributed by atoms with Crippen LogP contribution in [-0.2, 0) is 4.84 Å². The second-order valence-electron chi connectivity index (χ2n) is 0.899. The first-order chi connectivity index (χ1) is 3.41. The smallest absolute Gasteiger partial charge is 0.135 e. The summed E-state index contributed by atoms with van der Waals surface area (Å²) in [7, 11) is 0. The molecular formula is C5H8NO. The summed E-state index contributed by atoms with van der Waals surface area (Å²) in [6, 6.07) is 0. The van der Waals surface area contributed by atoms with Crippen molar-refractivity contribution < 1.29 is 4.84 Å². The molecule has 0 N–H and O–H groups in total. The Morgan fingerprint density at radius 2 is 2.71 bits per heavy atom. The Bertz CT molecular complexity index is 68.5. The summed E-state index contributed by atoms with van der Waals surface area (Å²) in [6.07, 6.45) is 4.08. The van der Waals surface area contributed by atoms with Crippen LogP contribution in [0.4, 0.5) is 0 Å². The molecule has 0 heterocycles. The summed E-state index contributed by atoms with van der Waals surface area (Å²) >= 11 is 0. The molecule has 0 atom stereocenters. The molecule has 0 amide bonds. The Hall–Kier alpha value is -0.790. The van der Waals surface area contributed by atoms with Gasteiger partial charge in [-0.05, 0) is 6.92 Å². The Balaban J connectivity index is 2.82. The van der Waals surface area contributed by atoms with E-state index in [1.54, 1.807) is 13.0 Å². The first-order valence-electron chi connectivity index (χ1n) is 2.01. The third-order valence-electron chi connectivity index (χ3n) is 0.348. The first kappa shape index (κ1) is 6.21.